The Labute approximate surface area is 155 Å². The number of carbonyl (C=O) groups is 1. The first kappa shape index (κ1) is 17.0. The van der Waals surface area contributed by atoms with Gasteiger partial charge in [0.1, 0.15) is 6.54 Å². The molecule has 1 heterocycles. The summed E-state index contributed by atoms with van der Waals surface area (Å²) in [5.74, 6) is -0.339. The van der Waals surface area contributed by atoms with Crippen molar-refractivity contribution in [3.63, 3.8) is 0 Å². The maximum absolute atomic E-state index is 12.5. The van der Waals surface area contributed by atoms with Gasteiger partial charge < -0.3 is 5.32 Å². The number of nitrogens with one attached hydrogen (secondary N) is 1. The van der Waals surface area contributed by atoms with Crippen LogP contribution in [0.1, 0.15) is 0 Å². The molecule has 1 amide bonds. The van der Waals surface area contributed by atoms with Gasteiger partial charge in [0, 0.05) is 15.2 Å². The average Bonchev–Trinajstić information content (AvgIpc) is 2.53. The van der Waals surface area contributed by atoms with Gasteiger partial charge in [0.25, 0.3) is 5.56 Å². The van der Waals surface area contributed by atoms with E-state index in [4.69, 9.17) is 23.2 Å². The van der Waals surface area contributed by atoms with Crippen molar-refractivity contribution in [2.45, 2.75) is 6.54 Å². The monoisotopic (exact) mass is 425 g/mol. The van der Waals surface area contributed by atoms with Crippen LogP contribution in [0.2, 0.25) is 10.0 Å². The lowest BCUT2D eigenvalue weighted by atomic mass is 10.2. The number of nitrogens with zero attached hydrogens (tertiary/aromatic N) is 2. The zero-order chi connectivity index (χ0) is 17.3. The van der Waals surface area contributed by atoms with E-state index in [0.29, 0.717) is 21.2 Å². The first-order valence-electron chi connectivity index (χ1n) is 6.83. The summed E-state index contributed by atoms with van der Waals surface area (Å²) in [5.41, 5.74) is 0.613. The summed E-state index contributed by atoms with van der Waals surface area (Å²) < 4.78 is 2.12. The normalized spacial score (nSPS) is 10.8. The SMILES string of the molecule is O=C(Cn1cnc2c(Cl)cc(Cl)cc2c1=O)Nc1ccc(Br)cc1. The fourth-order valence-electron chi connectivity index (χ4n) is 2.20. The molecular weight excluding hydrogens is 417 g/mol. The summed E-state index contributed by atoms with van der Waals surface area (Å²) in [6.07, 6.45) is 1.30. The van der Waals surface area contributed by atoms with E-state index in [2.05, 4.69) is 26.2 Å². The summed E-state index contributed by atoms with van der Waals surface area (Å²) in [4.78, 5) is 28.8. The van der Waals surface area contributed by atoms with Gasteiger partial charge in [-0.3, -0.25) is 14.2 Å². The fraction of sp³-hybridized carbons (Fsp3) is 0.0625. The maximum atomic E-state index is 12.5. The molecule has 0 spiro atoms. The molecule has 3 aromatic rings. The number of aromatic nitrogens is 2. The van der Waals surface area contributed by atoms with E-state index in [1.165, 1.54) is 23.0 Å². The predicted octanol–water partition coefficient (Wildman–Crippen LogP) is 4.10. The zero-order valence-corrected chi connectivity index (χ0v) is 15.2. The number of rotatable bonds is 3. The van der Waals surface area contributed by atoms with Crippen LogP contribution in [0.4, 0.5) is 5.69 Å². The number of carbonyl (C=O) groups excluding carboxylic acids is 1. The molecule has 0 aliphatic heterocycles. The molecule has 5 nitrogen and oxygen atoms in total. The van der Waals surface area contributed by atoms with E-state index in [1.807, 2.05) is 12.1 Å². The number of amides is 1. The van der Waals surface area contributed by atoms with E-state index >= 15 is 0 Å². The second-order valence-corrected chi connectivity index (χ2v) is 6.78. The number of fused-ring (bicyclic) bond motifs is 1. The first-order chi connectivity index (χ1) is 11.4. The van der Waals surface area contributed by atoms with E-state index < -0.39 is 0 Å². The van der Waals surface area contributed by atoms with Crippen LogP contribution in [-0.4, -0.2) is 15.5 Å². The number of anilines is 1. The van der Waals surface area contributed by atoms with Gasteiger partial charge in [0.05, 0.1) is 22.3 Å². The molecule has 0 fully saturated rings. The topological polar surface area (TPSA) is 64.0 Å². The number of benzene rings is 2. The molecule has 0 bridgehead atoms. The van der Waals surface area contributed by atoms with E-state index in [9.17, 15) is 9.59 Å². The van der Waals surface area contributed by atoms with Gasteiger partial charge in [-0.05, 0) is 36.4 Å². The van der Waals surface area contributed by atoms with E-state index in [1.54, 1.807) is 12.1 Å². The molecule has 1 aromatic heterocycles. The molecule has 0 atom stereocenters. The third kappa shape index (κ3) is 3.61. The van der Waals surface area contributed by atoms with Gasteiger partial charge in [-0.25, -0.2) is 4.98 Å². The van der Waals surface area contributed by atoms with Crippen LogP contribution in [0.15, 0.2) is 52.0 Å². The number of halogens is 3. The Hall–Kier alpha value is -1.89. The van der Waals surface area contributed by atoms with Crippen molar-refractivity contribution in [3.05, 3.63) is 67.6 Å². The standard InChI is InChI=1S/C16H10BrCl2N3O2/c17-9-1-3-11(4-2-9)21-14(23)7-22-8-20-15-12(16(22)24)5-10(18)6-13(15)19/h1-6,8H,7H2,(H,21,23). The van der Waals surface area contributed by atoms with Crippen molar-refractivity contribution in [2.24, 2.45) is 0 Å². The average molecular weight is 427 g/mol. The molecule has 0 saturated heterocycles. The largest absolute Gasteiger partial charge is 0.325 e. The van der Waals surface area contributed by atoms with E-state index in [-0.39, 0.29) is 23.4 Å². The molecule has 0 radical (unpaired) electrons. The summed E-state index contributed by atoms with van der Waals surface area (Å²) >= 11 is 15.3. The van der Waals surface area contributed by atoms with E-state index in [0.717, 1.165) is 4.47 Å². The highest BCUT2D eigenvalue weighted by atomic mass is 79.9. The molecule has 8 heteroatoms. The molecule has 0 aliphatic carbocycles. The lowest BCUT2D eigenvalue weighted by Crippen LogP contribution is -2.28. The highest BCUT2D eigenvalue weighted by Crippen LogP contribution is 2.24. The quantitative estimate of drug-likeness (QED) is 0.685. The van der Waals surface area contributed by atoms with Gasteiger partial charge in [-0.2, -0.15) is 0 Å². The number of hydrogen-bond acceptors (Lipinski definition) is 3. The maximum Gasteiger partial charge on any atom is 0.261 e. The first-order valence-corrected chi connectivity index (χ1v) is 8.38. The van der Waals surface area contributed by atoms with Crippen LogP contribution in [0, 0.1) is 0 Å². The Balaban J connectivity index is 1.87. The third-order valence-corrected chi connectivity index (χ3v) is 4.32. The molecule has 122 valence electrons. The van der Waals surface area contributed by atoms with Crippen LogP contribution in [0.25, 0.3) is 10.9 Å². The Morgan fingerprint density at radius 3 is 2.62 bits per heavy atom. The van der Waals surface area contributed by atoms with Crippen molar-refractivity contribution < 1.29 is 4.79 Å². The molecule has 0 saturated carbocycles. The minimum Gasteiger partial charge on any atom is -0.325 e. The Kier molecular flexibility index (Phi) is 4.89. The van der Waals surface area contributed by atoms with Crippen molar-refractivity contribution >= 4 is 61.6 Å². The summed E-state index contributed by atoms with van der Waals surface area (Å²) in [5, 5.41) is 3.62. The van der Waals surface area contributed by atoms with Crippen molar-refractivity contribution in [3.8, 4) is 0 Å². The lowest BCUT2D eigenvalue weighted by Gasteiger charge is -2.09. The summed E-state index contributed by atoms with van der Waals surface area (Å²) in [6, 6.07) is 10.1. The van der Waals surface area contributed by atoms with Crippen molar-refractivity contribution in [1.82, 2.24) is 9.55 Å². The van der Waals surface area contributed by atoms with Gasteiger partial charge >= 0.3 is 0 Å². The van der Waals surface area contributed by atoms with Gasteiger partial charge in [-0.15, -0.1) is 0 Å². The van der Waals surface area contributed by atoms with Crippen LogP contribution in [-0.2, 0) is 11.3 Å². The van der Waals surface area contributed by atoms with Gasteiger partial charge in [0.2, 0.25) is 5.91 Å². The minimum atomic E-state index is -0.379. The molecule has 3 rings (SSSR count). The second-order valence-electron chi connectivity index (χ2n) is 5.02. The van der Waals surface area contributed by atoms with Crippen LogP contribution < -0.4 is 10.9 Å². The molecule has 0 unspecified atom stereocenters. The number of hydrogen-bond donors (Lipinski definition) is 1. The molecular formula is C16H10BrCl2N3O2. The van der Waals surface area contributed by atoms with Crippen LogP contribution >= 0.6 is 39.1 Å². The summed E-state index contributed by atoms with van der Waals surface area (Å²) in [6.45, 7) is -0.165. The fourth-order valence-corrected chi connectivity index (χ4v) is 3.00. The Morgan fingerprint density at radius 1 is 1.21 bits per heavy atom. The highest BCUT2D eigenvalue weighted by molar-refractivity contribution is 9.10. The third-order valence-electron chi connectivity index (χ3n) is 3.29. The van der Waals surface area contributed by atoms with Crippen molar-refractivity contribution in [2.75, 3.05) is 5.32 Å². The molecule has 24 heavy (non-hydrogen) atoms. The van der Waals surface area contributed by atoms with Crippen LogP contribution in [0.5, 0.6) is 0 Å². The molecule has 0 aliphatic rings. The zero-order valence-electron chi connectivity index (χ0n) is 12.1. The van der Waals surface area contributed by atoms with Gasteiger partial charge in [-0.1, -0.05) is 39.1 Å². The molecule has 1 N–H and O–H groups in total. The highest BCUT2D eigenvalue weighted by Gasteiger charge is 2.11. The minimum absolute atomic E-state index is 0.165. The molecule has 2 aromatic carbocycles. The van der Waals surface area contributed by atoms with Crippen molar-refractivity contribution in [1.29, 1.82) is 0 Å². The Bertz CT molecular complexity index is 987. The second kappa shape index (κ2) is 6.93. The predicted molar refractivity (Wildman–Crippen MR) is 98.8 cm³/mol. The lowest BCUT2D eigenvalue weighted by molar-refractivity contribution is -0.116. The Morgan fingerprint density at radius 2 is 1.92 bits per heavy atom. The van der Waals surface area contributed by atoms with Crippen LogP contribution in [0.3, 0.4) is 0 Å². The van der Waals surface area contributed by atoms with Gasteiger partial charge in [0.15, 0.2) is 0 Å². The summed E-state index contributed by atoms with van der Waals surface area (Å²) in [7, 11) is 0. The smallest absolute Gasteiger partial charge is 0.261 e.